The molecule has 0 fully saturated rings. The Morgan fingerprint density at radius 2 is 1.03 bits per heavy atom. The average Bonchev–Trinajstić information content (AvgIpc) is 3.47. The largest absolute Gasteiger partial charge is 0.307 e. The third-order valence-corrected chi connectivity index (χ3v) is 7.86. The van der Waals surface area contributed by atoms with Crippen LogP contribution in [0.3, 0.4) is 0 Å². The molecule has 0 aliphatic rings. The van der Waals surface area contributed by atoms with Gasteiger partial charge in [0.15, 0.2) is 0 Å². The zero-order chi connectivity index (χ0) is 24.5. The van der Waals surface area contributed by atoms with Crippen molar-refractivity contribution in [3.63, 3.8) is 0 Å². The lowest BCUT2D eigenvalue weighted by Gasteiger charge is -2.15. The van der Waals surface area contributed by atoms with E-state index in [9.17, 15) is 0 Å². The van der Waals surface area contributed by atoms with Crippen LogP contribution in [0.1, 0.15) is 0 Å². The fourth-order valence-corrected chi connectivity index (χ4v) is 6.25. The first-order valence-electron chi connectivity index (χ1n) is 12.5. The standard InChI is InChI=1S/C34H21ClN2/c35-29-15-7-13-27-25-11-4-6-17-31(25)37(33(27)29)32-18-8-14-28-26-12-3-5-16-30(26)36(34(28)32)24-20-19-22-9-1-2-10-23(22)21-24/h1-21H. The Labute approximate surface area is 218 Å². The minimum atomic E-state index is 0.749. The van der Waals surface area contributed by atoms with Crippen molar-refractivity contribution in [1.29, 1.82) is 0 Å². The summed E-state index contributed by atoms with van der Waals surface area (Å²) in [5.41, 5.74) is 6.79. The van der Waals surface area contributed by atoms with Crippen LogP contribution < -0.4 is 0 Å². The van der Waals surface area contributed by atoms with Crippen molar-refractivity contribution in [3.05, 3.63) is 132 Å². The lowest BCUT2D eigenvalue weighted by Crippen LogP contribution is -2.01. The maximum atomic E-state index is 6.91. The summed E-state index contributed by atoms with van der Waals surface area (Å²) >= 11 is 6.91. The highest BCUT2D eigenvalue weighted by Gasteiger charge is 2.20. The highest BCUT2D eigenvalue weighted by atomic mass is 35.5. The van der Waals surface area contributed by atoms with Crippen LogP contribution in [0.4, 0.5) is 0 Å². The van der Waals surface area contributed by atoms with Gasteiger partial charge in [0.25, 0.3) is 0 Å². The Bertz CT molecular complexity index is 2160. The number of para-hydroxylation sites is 4. The molecule has 0 amide bonds. The Balaban J connectivity index is 1.58. The highest BCUT2D eigenvalue weighted by Crippen LogP contribution is 2.41. The molecular weight excluding hydrogens is 472 g/mol. The molecule has 0 saturated heterocycles. The number of nitrogens with zero attached hydrogens (tertiary/aromatic N) is 2. The molecule has 6 aromatic carbocycles. The molecule has 0 unspecified atom stereocenters. The number of rotatable bonds is 2. The van der Waals surface area contributed by atoms with Gasteiger partial charge >= 0.3 is 0 Å². The quantitative estimate of drug-likeness (QED) is 0.227. The minimum absolute atomic E-state index is 0.749. The van der Waals surface area contributed by atoms with Gasteiger partial charge in [-0.1, -0.05) is 103 Å². The first-order chi connectivity index (χ1) is 18.3. The second-order valence-electron chi connectivity index (χ2n) is 9.55. The maximum Gasteiger partial charge on any atom is 0.0782 e. The molecule has 37 heavy (non-hydrogen) atoms. The molecule has 2 heterocycles. The fraction of sp³-hybridized carbons (Fsp3) is 0. The monoisotopic (exact) mass is 492 g/mol. The predicted octanol–water partition coefficient (Wildman–Crippen LogP) is 9.69. The zero-order valence-corrected chi connectivity index (χ0v) is 20.7. The molecule has 2 nitrogen and oxygen atoms in total. The predicted molar refractivity (Wildman–Crippen MR) is 158 cm³/mol. The van der Waals surface area contributed by atoms with E-state index in [-0.39, 0.29) is 0 Å². The molecule has 2 aromatic heterocycles. The molecule has 174 valence electrons. The van der Waals surface area contributed by atoms with Crippen LogP contribution in [0.2, 0.25) is 5.02 Å². The molecule has 0 aliphatic carbocycles. The molecule has 3 heteroatoms. The van der Waals surface area contributed by atoms with Crippen LogP contribution >= 0.6 is 11.6 Å². The van der Waals surface area contributed by atoms with Crippen molar-refractivity contribution in [2.24, 2.45) is 0 Å². The van der Waals surface area contributed by atoms with Crippen LogP contribution in [0, 0.1) is 0 Å². The van der Waals surface area contributed by atoms with E-state index in [1.54, 1.807) is 0 Å². The Morgan fingerprint density at radius 1 is 0.432 bits per heavy atom. The topological polar surface area (TPSA) is 9.86 Å². The average molecular weight is 493 g/mol. The van der Waals surface area contributed by atoms with Crippen molar-refractivity contribution in [2.75, 3.05) is 0 Å². The van der Waals surface area contributed by atoms with Gasteiger partial charge in [-0.25, -0.2) is 0 Å². The highest BCUT2D eigenvalue weighted by molar-refractivity contribution is 6.36. The molecule has 0 atom stereocenters. The number of halogens is 1. The van der Waals surface area contributed by atoms with Crippen molar-refractivity contribution >= 4 is 66.0 Å². The van der Waals surface area contributed by atoms with E-state index in [1.165, 1.54) is 38.0 Å². The molecular formula is C34H21ClN2. The van der Waals surface area contributed by atoms with Crippen LogP contribution in [-0.2, 0) is 0 Å². The molecule has 0 saturated carbocycles. The smallest absolute Gasteiger partial charge is 0.0782 e. The fourth-order valence-electron chi connectivity index (χ4n) is 5.99. The maximum absolute atomic E-state index is 6.91. The van der Waals surface area contributed by atoms with Crippen LogP contribution in [0.5, 0.6) is 0 Å². The van der Waals surface area contributed by atoms with Gasteiger partial charge in [-0.2, -0.15) is 0 Å². The van der Waals surface area contributed by atoms with E-state index in [4.69, 9.17) is 11.6 Å². The van der Waals surface area contributed by atoms with Crippen molar-refractivity contribution in [3.8, 4) is 11.4 Å². The van der Waals surface area contributed by atoms with Crippen LogP contribution in [0.15, 0.2) is 127 Å². The second-order valence-corrected chi connectivity index (χ2v) is 9.95. The zero-order valence-electron chi connectivity index (χ0n) is 19.9. The molecule has 0 N–H and O–H groups in total. The molecule has 0 spiro atoms. The van der Waals surface area contributed by atoms with Crippen LogP contribution in [-0.4, -0.2) is 9.13 Å². The summed E-state index contributed by atoms with van der Waals surface area (Å²) in [7, 11) is 0. The van der Waals surface area contributed by atoms with Crippen LogP contribution in [0.25, 0.3) is 65.8 Å². The Morgan fingerprint density at radius 3 is 1.81 bits per heavy atom. The van der Waals surface area contributed by atoms with Crippen molar-refractivity contribution in [1.82, 2.24) is 9.13 Å². The number of fused-ring (bicyclic) bond motifs is 7. The molecule has 0 aliphatic heterocycles. The van der Waals surface area contributed by atoms with Crippen molar-refractivity contribution in [2.45, 2.75) is 0 Å². The van der Waals surface area contributed by atoms with Gasteiger partial charge in [0.2, 0.25) is 0 Å². The van der Waals surface area contributed by atoms with E-state index >= 15 is 0 Å². The summed E-state index contributed by atoms with van der Waals surface area (Å²) in [4.78, 5) is 0. The Kier molecular flexibility index (Phi) is 4.31. The summed E-state index contributed by atoms with van der Waals surface area (Å²) < 4.78 is 4.75. The number of aromatic nitrogens is 2. The minimum Gasteiger partial charge on any atom is -0.307 e. The van der Waals surface area contributed by atoms with E-state index in [0.717, 1.165) is 32.8 Å². The first kappa shape index (κ1) is 20.6. The van der Waals surface area contributed by atoms with E-state index in [1.807, 2.05) is 12.1 Å². The number of benzene rings is 6. The summed E-state index contributed by atoms with van der Waals surface area (Å²) in [5.74, 6) is 0. The summed E-state index contributed by atoms with van der Waals surface area (Å²) in [6, 6.07) is 45.3. The van der Waals surface area contributed by atoms with E-state index in [0.29, 0.717) is 0 Å². The van der Waals surface area contributed by atoms with Gasteiger partial charge in [-0.05, 0) is 47.2 Å². The van der Waals surface area contributed by atoms with Gasteiger partial charge in [0.1, 0.15) is 0 Å². The van der Waals surface area contributed by atoms with Gasteiger partial charge in [-0.15, -0.1) is 0 Å². The molecule has 0 bridgehead atoms. The van der Waals surface area contributed by atoms with Gasteiger partial charge in [0.05, 0.1) is 32.8 Å². The van der Waals surface area contributed by atoms with Gasteiger partial charge < -0.3 is 9.13 Å². The number of hydrogen-bond acceptors (Lipinski definition) is 0. The summed E-state index contributed by atoms with van der Waals surface area (Å²) in [6.45, 7) is 0. The SMILES string of the molecule is Clc1cccc2c3ccccc3n(-c3cccc4c5ccccc5n(-c5ccc6ccccc6c5)c34)c12. The second kappa shape index (κ2) is 7.73. The molecule has 0 radical (unpaired) electrons. The third kappa shape index (κ3) is 2.88. The summed E-state index contributed by atoms with van der Waals surface area (Å²) in [5, 5.41) is 8.03. The summed E-state index contributed by atoms with van der Waals surface area (Å²) in [6.07, 6.45) is 0. The van der Waals surface area contributed by atoms with Gasteiger partial charge in [-0.3, -0.25) is 0 Å². The lowest BCUT2D eigenvalue weighted by molar-refractivity contribution is 1.13. The first-order valence-corrected chi connectivity index (χ1v) is 12.9. The number of hydrogen-bond donors (Lipinski definition) is 0. The lowest BCUT2D eigenvalue weighted by atomic mass is 10.1. The molecule has 8 rings (SSSR count). The van der Waals surface area contributed by atoms with E-state index < -0.39 is 0 Å². The van der Waals surface area contributed by atoms with Crippen molar-refractivity contribution < 1.29 is 0 Å². The Hall–Kier alpha value is -4.53. The van der Waals surface area contributed by atoms with E-state index in [2.05, 4.69) is 124 Å². The molecule has 8 aromatic rings. The normalized spacial score (nSPS) is 11.9. The third-order valence-electron chi connectivity index (χ3n) is 7.55. The van der Waals surface area contributed by atoms with Gasteiger partial charge in [0, 0.05) is 27.2 Å².